The lowest BCUT2D eigenvalue weighted by Gasteiger charge is -2.24. The summed E-state index contributed by atoms with van der Waals surface area (Å²) in [6.45, 7) is 6.12. The molecule has 0 bridgehead atoms. The van der Waals surface area contributed by atoms with E-state index < -0.39 is 10.0 Å². The molecule has 2 rings (SSSR count). The van der Waals surface area contributed by atoms with Crippen LogP contribution >= 0.6 is 0 Å². The number of likely N-dealkylation sites (N-methyl/N-ethyl adjacent to an activating group) is 1. The van der Waals surface area contributed by atoms with Crippen molar-refractivity contribution >= 4 is 15.8 Å². The fraction of sp³-hybridized carbons (Fsp3) is 0.667. The Kier molecular flexibility index (Phi) is 6.16. The number of anilines is 1. The number of sulfonamides is 1. The fourth-order valence-electron chi connectivity index (χ4n) is 2.64. The molecule has 0 radical (unpaired) electrons. The van der Waals surface area contributed by atoms with Gasteiger partial charge < -0.3 is 9.80 Å². The Bertz CT molecular complexity index is 577. The summed E-state index contributed by atoms with van der Waals surface area (Å²) < 4.78 is 26.4. The van der Waals surface area contributed by atoms with Gasteiger partial charge in [0.15, 0.2) is 0 Å². The number of hydrogen-bond donors (Lipinski definition) is 1. The van der Waals surface area contributed by atoms with E-state index in [2.05, 4.69) is 26.6 Å². The van der Waals surface area contributed by atoms with Crippen molar-refractivity contribution in [2.45, 2.75) is 26.3 Å². The minimum Gasteiger partial charge on any atom is -0.355 e. The zero-order valence-corrected chi connectivity index (χ0v) is 14.3. The van der Waals surface area contributed by atoms with Crippen molar-refractivity contribution < 1.29 is 8.42 Å². The van der Waals surface area contributed by atoms with E-state index in [4.69, 9.17) is 0 Å². The second kappa shape index (κ2) is 7.89. The van der Waals surface area contributed by atoms with E-state index in [-0.39, 0.29) is 5.75 Å². The molecule has 2 heterocycles. The summed E-state index contributed by atoms with van der Waals surface area (Å²) in [6, 6.07) is 3.81. The van der Waals surface area contributed by atoms with Gasteiger partial charge in [0.25, 0.3) is 0 Å². The van der Waals surface area contributed by atoms with E-state index in [0.29, 0.717) is 13.0 Å². The van der Waals surface area contributed by atoms with E-state index in [1.807, 2.05) is 19.1 Å². The van der Waals surface area contributed by atoms with Gasteiger partial charge in [0.1, 0.15) is 5.82 Å². The lowest BCUT2D eigenvalue weighted by atomic mass is 10.2. The van der Waals surface area contributed by atoms with Gasteiger partial charge in [0.2, 0.25) is 10.0 Å². The topological polar surface area (TPSA) is 65.5 Å². The van der Waals surface area contributed by atoms with Crippen LogP contribution in [-0.2, 0) is 16.6 Å². The molecule has 7 heteroatoms. The van der Waals surface area contributed by atoms with E-state index in [9.17, 15) is 8.42 Å². The van der Waals surface area contributed by atoms with Crippen molar-refractivity contribution in [1.82, 2.24) is 14.6 Å². The maximum absolute atomic E-state index is 11.8. The first-order valence-corrected chi connectivity index (χ1v) is 9.52. The van der Waals surface area contributed by atoms with Gasteiger partial charge in [-0.3, -0.25) is 0 Å². The van der Waals surface area contributed by atoms with Crippen molar-refractivity contribution in [3.05, 3.63) is 23.9 Å². The number of pyridine rings is 1. The molecule has 22 heavy (non-hydrogen) atoms. The van der Waals surface area contributed by atoms with Gasteiger partial charge in [-0.15, -0.1) is 0 Å². The Hall–Kier alpha value is -1.18. The first-order chi connectivity index (χ1) is 10.5. The SMILES string of the molecule is CCCS(=O)(=O)NCc1cccnc1N1CCCN(C)CC1. The van der Waals surface area contributed by atoms with E-state index in [1.165, 1.54) is 0 Å². The van der Waals surface area contributed by atoms with Crippen LogP contribution in [0, 0.1) is 0 Å². The van der Waals surface area contributed by atoms with Crippen LogP contribution < -0.4 is 9.62 Å². The monoisotopic (exact) mass is 326 g/mol. The number of rotatable bonds is 6. The summed E-state index contributed by atoms with van der Waals surface area (Å²) in [7, 11) is -1.07. The maximum atomic E-state index is 11.8. The first-order valence-electron chi connectivity index (χ1n) is 7.86. The van der Waals surface area contributed by atoms with Crippen LogP contribution in [0.25, 0.3) is 0 Å². The summed E-state index contributed by atoms with van der Waals surface area (Å²) >= 11 is 0. The molecule has 1 aromatic rings. The number of hydrogen-bond acceptors (Lipinski definition) is 5. The molecule has 124 valence electrons. The second-order valence-electron chi connectivity index (χ2n) is 5.77. The van der Waals surface area contributed by atoms with Crippen LogP contribution in [0.3, 0.4) is 0 Å². The molecule has 1 aliphatic heterocycles. The molecule has 0 unspecified atom stereocenters. The Morgan fingerprint density at radius 2 is 2.09 bits per heavy atom. The van der Waals surface area contributed by atoms with Gasteiger partial charge in [0.05, 0.1) is 5.75 Å². The first kappa shape index (κ1) is 17.2. The van der Waals surface area contributed by atoms with Gasteiger partial charge in [-0.05, 0) is 32.5 Å². The van der Waals surface area contributed by atoms with Crippen molar-refractivity contribution in [3.63, 3.8) is 0 Å². The van der Waals surface area contributed by atoms with E-state index in [0.717, 1.165) is 44.0 Å². The van der Waals surface area contributed by atoms with Gasteiger partial charge >= 0.3 is 0 Å². The smallest absolute Gasteiger partial charge is 0.211 e. The molecule has 1 aliphatic rings. The van der Waals surface area contributed by atoms with Crippen molar-refractivity contribution in [1.29, 1.82) is 0 Å². The van der Waals surface area contributed by atoms with Crippen molar-refractivity contribution in [3.8, 4) is 0 Å². The molecule has 1 aromatic heterocycles. The third-order valence-electron chi connectivity index (χ3n) is 3.84. The summed E-state index contributed by atoms with van der Waals surface area (Å²) in [5.74, 6) is 1.06. The largest absolute Gasteiger partial charge is 0.355 e. The Labute approximate surface area is 133 Å². The van der Waals surface area contributed by atoms with Crippen LogP contribution in [0.2, 0.25) is 0 Å². The maximum Gasteiger partial charge on any atom is 0.211 e. The number of nitrogens with zero attached hydrogens (tertiary/aromatic N) is 3. The minimum absolute atomic E-state index is 0.164. The van der Waals surface area contributed by atoms with Crippen LogP contribution in [0.4, 0.5) is 5.82 Å². The van der Waals surface area contributed by atoms with Crippen LogP contribution in [0.1, 0.15) is 25.3 Å². The molecule has 1 saturated heterocycles. The quantitative estimate of drug-likeness (QED) is 0.846. The molecule has 6 nitrogen and oxygen atoms in total. The lowest BCUT2D eigenvalue weighted by Crippen LogP contribution is -2.31. The summed E-state index contributed by atoms with van der Waals surface area (Å²) in [5.41, 5.74) is 0.937. The molecule has 1 fully saturated rings. The van der Waals surface area contributed by atoms with Gasteiger partial charge in [-0.2, -0.15) is 0 Å². The van der Waals surface area contributed by atoms with Crippen LogP contribution in [0.5, 0.6) is 0 Å². The summed E-state index contributed by atoms with van der Waals surface area (Å²) in [6.07, 6.45) is 3.48. The van der Waals surface area contributed by atoms with Crippen molar-refractivity contribution in [2.24, 2.45) is 0 Å². The van der Waals surface area contributed by atoms with Crippen LogP contribution in [0.15, 0.2) is 18.3 Å². The van der Waals surface area contributed by atoms with Gasteiger partial charge in [-0.1, -0.05) is 13.0 Å². The standard InChI is InChI=1S/C15H26N4O2S/c1-3-12-22(20,21)17-13-14-6-4-7-16-15(14)19-9-5-8-18(2)10-11-19/h4,6-7,17H,3,5,8-13H2,1-2H3. The highest BCUT2D eigenvalue weighted by atomic mass is 32.2. The third-order valence-corrected chi connectivity index (χ3v) is 5.37. The number of aromatic nitrogens is 1. The normalized spacial score (nSPS) is 17.5. The average Bonchev–Trinajstić information content (AvgIpc) is 2.70. The van der Waals surface area contributed by atoms with E-state index >= 15 is 0 Å². The van der Waals surface area contributed by atoms with Gasteiger partial charge in [-0.25, -0.2) is 18.1 Å². The molecule has 0 amide bonds. The fourth-order valence-corrected chi connectivity index (χ4v) is 3.70. The number of nitrogens with one attached hydrogen (secondary N) is 1. The zero-order valence-electron chi connectivity index (χ0n) is 13.5. The van der Waals surface area contributed by atoms with Crippen LogP contribution in [-0.4, -0.2) is 57.3 Å². The highest BCUT2D eigenvalue weighted by Crippen LogP contribution is 2.19. The second-order valence-corrected chi connectivity index (χ2v) is 7.70. The Morgan fingerprint density at radius 1 is 1.27 bits per heavy atom. The Balaban J connectivity index is 2.09. The predicted molar refractivity (Wildman–Crippen MR) is 89.5 cm³/mol. The molecular formula is C15H26N4O2S. The summed E-state index contributed by atoms with van der Waals surface area (Å²) in [4.78, 5) is 9.06. The highest BCUT2D eigenvalue weighted by Gasteiger charge is 2.17. The molecule has 0 atom stereocenters. The Morgan fingerprint density at radius 3 is 2.86 bits per heavy atom. The van der Waals surface area contributed by atoms with Crippen molar-refractivity contribution in [2.75, 3.05) is 43.9 Å². The molecule has 0 aromatic carbocycles. The molecular weight excluding hydrogens is 300 g/mol. The third kappa shape index (κ3) is 4.93. The molecule has 1 N–H and O–H groups in total. The zero-order chi connectivity index (χ0) is 16.0. The molecule has 0 spiro atoms. The average molecular weight is 326 g/mol. The molecule has 0 saturated carbocycles. The highest BCUT2D eigenvalue weighted by molar-refractivity contribution is 7.89. The predicted octanol–water partition coefficient (Wildman–Crippen LogP) is 1.05. The van der Waals surface area contributed by atoms with E-state index in [1.54, 1.807) is 6.20 Å². The van der Waals surface area contributed by atoms with Gasteiger partial charge in [0, 0.05) is 37.9 Å². The molecule has 0 aliphatic carbocycles. The summed E-state index contributed by atoms with van der Waals surface area (Å²) in [5, 5.41) is 0. The minimum atomic E-state index is -3.20. The lowest BCUT2D eigenvalue weighted by molar-refractivity contribution is 0.360.